The minimum atomic E-state index is -0.354. The van der Waals surface area contributed by atoms with E-state index in [-0.39, 0.29) is 10.6 Å². The summed E-state index contributed by atoms with van der Waals surface area (Å²) in [5, 5.41) is 14.1. The number of nitro groups is 1. The molecule has 2 aromatic rings. The van der Waals surface area contributed by atoms with Crippen molar-refractivity contribution in [2.75, 3.05) is 5.32 Å². The number of rotatable bonds is 5. The SMILES string of the molecule is CCc1ccc(CNc2cc(C)ccc2[N+](=O)[O-])s1. The third-order valence-electron chi connectivity index (χ3n) is 2.87. The van der Waals surface area contributed by atoms with E-state index in [4.69, 9.17) is 0 Å². The fourth-order valence-electron chi connectivity index (χ4n) is 1.84. The van der Waals surface area contributed by atoms with Gasteiger partial charge in [0.2, 0.25) is 0 Å². The predicted molar refractivity (Wildman–Crippen MR) is 78.9 cm³/mol. The van der Waals surface area contributed by atoms with Crippen LogP contribution in [0.2, 0.25) is 0 Å². The Morgan fingerprint density at radius 2 is 2.00 bits per heavy atom. The van der Waals surface area contributed by atoms with Gasteiger partial charge in [-0.05, 0) is 37.1 Å². The molecule has 0 bridgehead atoms. The first-order valence-corrected chi connectivity index (χ1v) is 6.98. The van der Waals surface area contributed by atoms with Crippen molar-refractivity contribution in [1.29, 1.82) is 0 Å². The molecule has 0 amide bonds. The van der Waals surface area contributed by atoms with Crippen molar-refractivity contribution in [2.45, 2.75) is 26.8 Å². The molecule has 0 spiro atoms. The zero-order valence-electron chi connectivity index (χ0n) is 11.0. The Balaban J connectivity index is 2.14. The van der Waals surface area contributed by atoms with E-state index in [0.29, 0.717) is 12.2 Å². The molecule has 1 heterocycles. The zero-order valence-corrected chi connectivity index (χ0v) is 11.8. The molecule has 4 nitrogen and oxygen atoms in total. The third kappa shape index (κ3) is 3.32. The molecule has 0 unspecified atom stereocenters. The van der Waals surface area contributed by atoms with Gasteiger partial charge in [0.05, 0.1) is 4.92 Å². The third-order valence-corrected chi connectivity index (χ3v) is 4.10. The zero-order chi connectivity index (χ0) is 13.8. The number of thiophene rings is 1. The summed E-state index contributed by atoms with van der Waals surface area (Å²) in [5.41, 5.74) is 1.71. The van der Waals surface area contributed by atoms with E-state index in [9.17, 15) is 10.1 Å². The summed E-state index contributed by atoms with van der Waals surface area (Å²) < 4.78 is 0. The number of nitrogens with zero attached hydrogens (tertiary/aromatic N) is 1. The first-order chi connectivity index (χ1) is 9.10. The molecule has 0 atom stereocenters. The van der Waals surface area contributed by atoms with Crippen LogP contribution in [0.1, 0.15) is 22.2 Å². The van der Waals surface area contributed by atoms with E-state index in [0.717, 1.165) is 12.0 Å². The van der Waals surface area contributed by atoms with Crippen molar-refractivity contribution >= 4 is 22.7 Å². The van der Waals surface area contributed by atoms with Crippen molar-refractivity contribution in [3.8, 4) is 0 Å². The van der Waals surface area contributed by atoms with E-state index >= 15 is 0 Å². The molecule has 0 aliphatic heterocycles. The van der Waals surface area contributed by atoms with E-state index in [1.807, 2.05) is 13.0 Å². The Hall–Kier alpha value is -1.88. The average molecular weight is 276 g/mol. The minimum absolute atomic E-state index is 0.123. The van der Waals surface area contributed by atoms with Crippen molar-refractivity contribution in [3.63, 3.8) is 0 Å². The van der Waals surface area contributed by atoms with E-state index in [2.05, 4.69) is 24.4 Å². The van der Waals surface area contributed by atoms with Gasteiger partial charge in [-0.15, -0.1) is 11.3 Å². The van der Waals surface area contributed by atoms with Gasteiger partial charge in [0.15, 0.2) is 0 Å². The number of aryl methyl sites for hydroxylation is 2. The molecular formula is C14H16N2O2S. The summed E-state index contributed by atoms with van der Waals surface area (Å²) >= 11 is 1.74. The van der Waals surface area contributed by atoms with Crippen molar-refractivity contribution in [1.82, 2.24) is 0 Å². The van der Waals surface area contributed by atoms with Gasteiger partial charge in [0.25, 0.3) is 5.69 Å². The van der Waals surface area contributed by atoms with Crippen LogP contribution in [0.5, 0.6) is 0 Å². The smallest absolute Gasteiger partial charge is 0.292 e. The number of nitro benzene ring substituents is 1. The lowest BCUT2D eigenvalue weighted by atomic mass is 10.2. The lowest BCUT2D eigenvalue weighted by molar-refractivity contribution is -0.384. The van der Waals surface area contributed by atoms with Gasteiger partial charge in [0.1, 0.15) is 5.69 Å². The van der Waals surface area contributed by atoms with E-state index in [1.54, 1.807) is 23.5 Å². The molecule has 0 saturated carbocycles. The van der Waals surface area contributed by atoms with E-state index < -0.39 is 0 Å². The molecule has 1 aromatic heterocycles. The Labute approximate surface area is 116 Å². The number of hydrogen-bond donors (Lipinski definition) is 1. The second-order valence-corrected chi connectivity index (χ2v) is 5.61. The first kappa shape index (κ1) is 13.5. The molecular weight excluding hydrogens is 260 g/mol. The molecule has 0 radical (unpaired) electrons. The Kier molecular flexibility index (Phi) is 4.16. The van der Waals surface area contributed by atoms with Crippen LogP contribution in [0.15, 0.2) is 30.3 Å². The molecule has 0 fully saturated rings. The highest BCUT2D eigenvalue weighted by atomic mass is 32.1. The molecule has 0 saturated heterocycles. The van der Waals surface area contributed by atoms with Crippen LogP contribution in [0.4, 0.5) is 11.4 Å². The van der Waals surface area contributed by atoms with Gasteiger partial charge in [-0.2, -0.15) is 0 Å². The summed E-state index contributed by atoms with van der Waals surface area (Å²) in [6.07, 6.45) is 1.02. The molecule has 0 aliphatic carbocycles. The van der Waals surface area contributed by atoms with Gasteiger partial charge in [-0.3, -0.25) is 10.1 Å². The molecule has 2 rings (SSSR count). The average Bonchev–Trinajstić information content (AvgIpc) is 2.84. The van der Waals surface area contributed by atoms with Gasteiger partial charge in [-0.25, -0.2) is 0 Å². The highest BCUT2D eigenvalue weighted by Crippen LogP contribution is 2.26. The van der Waals surface area contributed by atoms with Crippen molar-refractivity contribution < 1.29 is 4.92 Å². The number of hydrogen-bond acceptors (Lipinski definition) is 4. The lowest BCUT2D eigenvalue weighted by Gasteiger charge is -2.06. The maximum Gasteiger partial charge on any atom is 0.292 e. The largest absolute Gasteiger partial charge is 0.375 e. The maximum atomic E-state index is 11.0. The second kappa shape index (κ2) is 5.84. The Morgan fingerprint density at radius 3 is 2.63 bits per heavy atom. The predicted octanol–water partition coefficient (Wildman–Crippen LogP) is 4.14. The van der Waals surface area contributed by atoms with E-state index in [1.165, 1.54) is 9.75 Å². The fourth-order valence-corrected chi connectivity index (χ4v) is 2.74. The molecule has 5 heteroatoms. The van der Waals surface area contributed by atoms with Crippen LogP contribution in [0.3, 0.4) is 0 Å². The highest BCUT2D eigenvalue weighted by Gasteiger charge is 2.13. The van der Waals surface area contributed by atoms with Gasteiger partial charge in [0, 0.05) is 22.4 Å². The summed E-state index contributed by atoms with van der Waals surface area (Å²) in [7, 11) is 0. The minimum Gasteiger partial charge on any atom is -0.375 e. The topological polar surface area (TPSA) is 55.2 Å². The molecule has 19 heavy (non-hydrogen) atoms. The normalized spacial score (nSPS) is 10.4. The highest BCUT2D eigenvalue weighted by molar-refractivity contribution is 7.12. The van der Waals surface area contributed by atoms with Crippen LogP contribution in [-0.4, -0.2) is 4.92 Å². The first-order valence-electron chi connectivity index (χ1n) is 6.16. The van der Waals surface area contributed by atoms with Crippen LogP contribution < -0.4 is 5.32 Å². The summed E-state index contributed by atoms with van der Waals surface area (Å²) in [6, 6.07) is 9.28. The van der Waals surface area contributed by atoms with Gasteiger partial charge >= 0.3 is 0 Å². The van der Waals surface area contributed by atoms with Crippen molar-refractivity contribution in [2.24, 2.45) is 0 Å². The summed E-state index contributed by atoms with van der Waals surface area (Å²) in [5.74, 6) is 0. The molecule has 1 aromatic carbocycles. The maximum absolute atomic E-state index is 11.0. The number of benzene rings is 1. The molecule has 100 valence electrons. The standard InChI is InChI=1S/C14H16N2O2S/c1-3-11-5-6-12(19-11)9-15-13-8-10(2)4-7-14(13)16(17)18/h4-8,15H,3,9H2,1-2H3. The van der Waals surface area contributed by atoms with Crippen molar-refractivity contribution in [3.05, 3.63) is 55.8 Å². The van der Waals surface area contributed by atoms with Crippen LogP contribution in [0.25, 0.3) is 0 Å². The quantitative estimate of drug-likeness (QED) is 0.659. The molecule has 1 N–H and O–H groups in total. The fraction of sp³-hybridized carbons (Fsp3) is 0.286. The van der Waals surface area contributed by atoms with Crippen LogP contribution >= 0.6 is 11.3 Å². The Bertz CT molecular complexity index is 593. The van der Waals surface area contributed by atoms with Gasteiger partial charge in [-0.1, -0.05) is 13.0 Å². The van der Waals surface area contributed by atoms with Crippen LogP contribution in [-0.2, 0) is 13.0 Å². The Morgan fingerprint density at radius 1 is 1.26 bits per heavy atom. The summed E-state index contributed by atoms with van der Waals surface area (Å²) in [4.78, 5) is 13.1. The number of nitrogens with one attached hydrogen (secondary N) is 1. The van der Waals surface area contributed by atoms with Crippen LogP contribution in [0, 0.1) is 17.0 Å². The number of anilines is 1. The molecule has 0 aliphatic rings. The second-order valence-electron chi connectivity index (χ2n) is 4.35. The van der Waals surface area contributed by atoms with Gasteiger partial charge < -0.3 is 5.32 Å². The monoisotopic (exact) mass is 276 g/mol. The summed E-state index contributed by atoms with van der Waals surface area (Å²) in [6.45, 7) is 4.67. The lowest BCUT2D eigenvalue weighted by Crippen LogP contribution is -2.01.